The van der Waals surface area contributed by atoms with Crippen LogP contribution < -0.4 is 11.1 Å². The molecular weight excluding hydrogens is 226 g/mol. The molecule has 1 amide bonds. The van der Waals surface area contributed by atoms with Crippen molar-refractivity contribution in [3.8, 4) is 0 Å². The van der Waals surface area contributed by atoms with Gasteiger partial charge in [-0.25, -0.2) is 0 Å². The van der Waals surface area contributed by atoms with Crippen LogP contribution in [0.4, 0.5) is 0 Å². The van der Waals surface area contributed by atoms with Gasteiger partial charge in [0.05, 0.1) is 6.04 Å². The summed E-state index contributed by atoms with van der Waals surface area (Å²) in [6.07, 6.45) is 4.45. The van der Waals surface area contributed by atoms with Gasteiger partial charge in [0.2, 0.25) is 5.91 Å². The van der Waals surface area contributed by atoms with E-state index in [1.807, 2.05) is 6.92 Å². The number of carbonyl (C=O) groups is 1. The molecule has 3 atom stereocenters. The fraction of sp³-hybridized carbons (Fsp3) is 0.929. The highest BCUT2D eigenvalue weighted by Crippen LogP contribution is 2.23. The Labute approximate surface area is 111 Å². The van der Waals surface area contributed by atoms with E-state index in [2.05, 4.69) is 24.1 Å². The number of unbranched alkanes of at least 4 members (excludes halogenated alkanes) is 1. The third-order valence-corrected chi connectivity index (χ3v) is 4.00. The predicted molar refractivity (Wildman–Crippen MR) is 75.3 cm³/mol. The van der Waals surface area contributed by atoms with Crippen molar-refractivity contribution < 1.29 is 4.79 Å². The van der Waals surface area contributed by atoms with Crippen molar-refractivity contribution in [3.05, 3.63) is 0 Å². The lowest BCUT2D eigenvalue weighted by Crippen LogP contribution is -2.55. The SMILES string of the molecule is CCCCNC(=O)C(C)N1CCC(C)CC1CN. The fourth-order valence-electron chi connectivity index (χ4n) is 2.70. The van der Waals surface area contributed by atoms with Crippen LogP contribution in [-0.2, 0) is 4.79 Å². The first-order valence-electron chi connectivity index (χ1n) is 7.33. The fourth-order valence-corrected chi connectivity index (χ4v) is 2.70. The average molecular weight is 255 g/mol. The molecule has 0 aromatic carbocycles. The molecule has 0 radical (unpaired) electrons. The molecule has 3 N–H and O–H groups in total. The van der Waals surface area contributed by atoms with E-state index in [4.69, 9.17) is 5.73 Å². The summed E-state index contributed by atoms with van der Waals surface area (Å²) in [6, 6.07) is 0.309. The van der Waals surface area contributed by atoms with E-state index < -0.39 is 0 Å². The number of amides is 1. The topological polar surface area (TPSA) is 58.4 Å². The maximum atomic E-state index is 12.1. The van der Waals surface area contributed by atoms with E-state index >= 15 is 0 Å². The van der Waals surface area contributed by atoms with E-state index in [0.29, 0.717) is 12.6 Å². The van der Waals surface area contributed by atoms with Crippen LogP contribution in [0.15, 0.2) is 0 Å². The van der Waals surface area contributed by atoms with Crippen LogP contribution in [0.2, 0.25) is 0 Å². The molecule has 0 bridgehead atoms. The first kappa shape index (κ1) is 15.4. The van der Waals surface area contributed by atoms with Gasteiger partial charge in [-0.3, -0.25) is 9.69 Å². The molecular formula is C14H29N3O. The summed E-state index contributed by atoms with van der Waals surface area (Å²) in [5.74, 6) is 0.876. The Morgan fingerprint density at radius 3 is 2.89 bits per heavy atom. The van der Waals surface area contributed by atoms with Crippen molar-refractivity contribution in [1.82, 2.24) is 10.2 Å². The summed E-state index contributed by atoms with van der Waals surface area (Å²) in [5.41, 5.74) is 5.84. The summed E-state index contributed by atoms with van der Waals surface area (Å²) >= 11 is 0. The zero-order chi connectivity index (χ0) is 13.5. The molecule has 18 heavy (non-hydrogen) atoms. The van der Waals surface area contributed by atoms with Crippen molar-refractivity contribution in [2.24, 2.45) is 11.7 Å². The van der Waals surface area contributed by atoms with Crippen molar-refractivity contribution in [2.75, 3.05) is 19.6 Å². The largest absolute Gasteiger partial charge is 0.355 e. The zero-order valence-corrected chi connectivity index (χ0v) is 12.1. The number of rotatable bonds is 6. The first-order chi connectivity index (χ1) is 8.60. The Morgan fingerprint density at radius 2 is 2.28 bits per heavy atom. The lowest BCUT2D eigenvalue weighted by atomic mass is 9.91. The quantitative estimate of drug-likeness (QED) is 0.704. The molecule has 0 saturated carbocycles. The maximum absolute atomic E-state index is 12.1. The summed E-state index contributed by atoms with van der Waals surface area (Å²) in [4.78, 5) is 14.3. The van der Waals surface area contributed by atoms with Gasteiger partial charge >= 0.3 is 0 Å². The second-order valence-corrected chi connectivity index (χ2v) is 5.58. The maximum Gasteiger partial charge on any atom is 0.237 e. The highest BCUT2D eigenvalue weighted by molar-refractivity contribution is 5.81. The summed E-state index contributed by atoms with van der Waals surface area (Å²) < 4.78 is 0. The van der Waals surface area contributed by atoms with Gasteiger partial charge in [0.25, 0.3) is 0 Å². The molecule has 1 aliphatic rings. The Kier molecular flexibility index (Phi) is 6.65. The van der Waals surface area contributed by atoms with Gasteiger partial charge in [-0.05, 0) is 38.6 Å². The highest BCUT2D eigenvalue weighted by atomic mass is 16.2. The lowest BCUT2D eigenvalue weighted by Gasteiger charge is -2.41. The van der Waals surface area contributed by atoms with Crippen molar-refractivity contribution >= 4 is 5.91 Å². The Morgan fingerprint density at radius 1 is 1.56 bits per heavy atom. The molecule has 1 fully saturated rings. The molecule has 0 aliphatic carbocycles. The van der Waals surface area contributed by atoms with Crippen LogP contribution in [0.25, 0.3) is 0 Å². The van der Waals surface area contributed by atoms with Gasteiger partial charge in [-0.1, -0.05) is 20.3 Å². The summed E-state index contributed by atoms with van der Waals surface area (Å²) in [7, 11) is 0. The van der Waals surface area contributed by atoms with Gasteiger partial charge < -0.3 is 11.1 Å². The van der Waals surface area contributed by atoms with Crippen LogP contribution in [0.3, 0.4) is 0 Å². The predicted octanol–water partition coefficient (Wildman–Crippen LogP) is 1.35. The third-order valence-electron chi connectivity index (χ3n) is 4.00. The lowest BCUT2D eigenvalue weighted by molar-refractivity contribution is -0.127. The minimum atomic E-state index is -0.0529. The molecule has 0 spiro atoms. The van der Waals surface area contributed by atoms with E-state index in [1.165, 1.54) is 6.42 Å². The van der Waals surface area contributed by atoms with E-state index in [-0.39, 0.29) is 11.9 Å². The Hall–Kier alpha value is -0.610. The second kappa shape index (κ2) is 7.74. The average Bonchev–Trinajstić information content (AvgIpc) is 2.37. The molecule has 3 unspecified atom stereocenters. The molecule has 0 aromatic heterocycles. The number of piperidine rings is 1. The number of nitrogens with zero attached hydrogens (tertiary/aromatic N) is 1. The van der Waals surface area contributed by atoms with Gasteiger partial charge in [0.15, 0.2) is 0 Å². The van der Waals surface area contributed by atoms with Crippen LogP contribution in [0.1, 0.15) is 46.5 Å². The molecule has 1 aliphatic heterocycles. The first-order valence-corrected chi connectivity index (χ1v) is 7.33. The molecule has 106 valence electrons. The number of nitrogens with one attached hydrogen (secondary N) is 1. The molecule has 0 aromatic rings. The third kappa shape index (κ3) is 4.25. The molecule has 1 rings (SSSR count). The van der Waals surface area contributed by atoms with Crippen LogP contribution in [0.5, 0.6) is 0 Å². The van der Waals surface area contributed by atoms with E-state index in [1.54, 1.807) is 0 Å². The van der Waals surface area contributed by atoms with Crippen LogP contribution in [0, 0.1) is 5.92 Å². The summed E-state index contributed by atoms with van der Waals surface area (Å²) in [5, 5.41) is 3.02. The number of hydrogen-bond donors (Lipinski definition) is 2. The highest BCUT2D eigenvalue weighted by Gasteiger charge is 2.31. The monoisotopic (exact) mass is 255 g/mol. The normalized spacial score (nSPS) is 26.9. The molecule has 1 heterocycles. The number of nitrogens with two attached hydrogens (primary N) is 1. The minimum Gasteiger partial charge on any atom is -0.355 e. The van der Waals surface area contributed by atoms with Crippen molar-refractivity contribution in [1.29, 1.82) is 0 Å². The van der Waals surface area contributed by atoms with Crippen molar-refractivity contribution in [3.63, 3.8) is 0 Å². The number of hydrogen-bond acceptors (Lipinski definition) is 3. The van der Waals surface area contributed by atoms with Crippen LogP contribution in [-0.4, -0.2) is 42.5 Å². The minimum absolute atomic E-state index is 0.0529. The van der Waals surface area contributed by atoms with E-state index in [0.717, 1.165) is 38.3 Å². The molecule has 1 saturated heterocycles. The standard InChI is InChI=1S/C14H29N3O/c1-4-5-7-16-14(18)12(3)17-8-6-11(2)9-13(17)10-15/h11-13H,4-10,15H2,1-3H3,(H,16,18). The van der Waals surface area contributed by atoms with Gasteiger partial charge in [0.1, 0.15) is 0 Å². The smallest absolute Gasteiger partial charge is 0.237 e. The number of likely N-dealkylation sites (tertiary alicyclic amines) is 1. The Bertz CT molecular complexity index is 257. The Balaban J connectivity index is 2.48. The molecule has 4 nitrogen and oxygen atoms in total. The number of carbonyl (C=O) groups excluding carboxylic acids is 1. The van der Waals surface area contributed by atoms with E-state index in [9.17, 15) is 4.79 Å². The molecule has 4 heteroatoms. The van der Waals surface area contributed by atoms with Crippen LogP contribution >= 0.6 is 0 Å². The summed E-state index contributed by atoms with van der Waals surface area (Å²) in [6.45, 7) is 8.83. The second-order valence-electron chi connectivity index (χ2n) is 5.58. The van der Waals surface area contributed by atoms with Gasteiger partial charge in [-0.2, -0.15) is 0 Å². The van der Waals surface area contributed by atoms with Gasteiger partial charge in [0, 0.05) is 19.1 Å². The van der Waals surface area contributed by atoms with Crippen molar-refractivity contribution in [2.45, 2.75) is 58.5 Å². The van der Waals surface area contributed by atoms with Gasteiger partial charge in [-0.15, -0.1) is 0 Å². The zero-order valence-electron chi connectivity index (χ0n) is 12.1.